The van der Waals surface area contributed by atoms with E-state index < -0.39 is 0 Å². The molecule has 0 spiro atoms. The lowest BCUT2D eigenvalue weighted by Gasteiger charge is -2.40. The molecule has 2 saturated carbocycles. The highest BCUT2D eigenvalue weighted by Gasteiger charge is 2.30. The van der Waals surface area contributed by atoms with Crippen LogP contribution in [0.1, 0.15) is 71.6 Å². The van der Waals surface area contributed by atoms with Crippen molar-refractivity contribution in [2.24, 2.45) is 0 Å². The highest BCUT2D eigenvalue weighted by Crippen LogP contribution is 2.30. The van der Waals surface area contributed by atoms with Crippen molar-refractivity contribution in [3.05, 3.63) is 0 Å². The molecule has 2 nitrogen and oxygen atoms in total. The van der Waals surface area contributed by atoms with E-state index in [1.807, 2.05) is 0 Å². The van der Waals surface area contributed by atoms with Crippen LogP contribution in [0.2, 0.25) is 0 Å². The van der Waals surface area contributed by atoms with Gasteiger partial charge in [-0.25, -0.2) is 0 Å². The Morgan fingerprint density at radius 3 is 2.06 bits per heavy atom. The first kappa shape index (κ1) is 14.3. The van der Waals surface area contributed by atoms with Crippen LogP contribution in [-0.4, -0.2) is 36.1 Å². The lowest BCUT2D eigenvalue weighted by molar-refractivity contribution is 0.104. The number of rotatable bonds is 6. The van der Waals surface area contributed by atoms with Gasteiger partial charge in [-0.2, -0.15) is 0 Å². The van der Waals surface area contributed by atoms with Gasteiger partial charge >= 0.3 is 0 Å². The van der Waals surface area contributed by atoms with E-state index in [0.717, 1.165) is 18.1 Å². The number of nitrogens with zero attached hydrogens (tertiary/aromatic N) is 1. The van der Waals surface area contributed by atoms with E-state index >= 15 is 0 Å². The van der Waals surface area contributed by atoms with Gasteiger partial charge < -0.3 is 5.32 Å². The maximum Gasteiger partial charge on any atom is 0.00992 e. The zero-order valence-electron chi connectivity index (χ0n) is 12.5. The van der Waals surface area contributed by atoms with Gasteiger partial charge in [-0.1, -0.05) is 26.7 Å². The average Bonchev–Trinajstić information content (AvgIpc) is 2.93. The standard InChI is InChI=1S/C16H32N2/c1-3-13-17-14-9-11-16(12-10-14)18(4-2)15-7-5-6-8-15/h14-17H,3-13H2,1-2H3. The van der Waals surface area contributed by atoms with Gasteiger partial charge in [0.2, 0.25) is 0 Å². The molecule has 2 aliphatic carbocycles. The minimum absolute atomic E-state index is 0.809. The van der Waals surface area contributed by atoms with Crippen LogP contribution in [-0.2, 0) is 0 Å². The van der Waals surface area contributed by atoms with Crippen molar-refractivity contribution in [3.8, 4) is 0 Å². The molecule has 106 valence electrons. The molecular formula is C16H32N2. The smallest absolute Gasteiger partial charge is 0.00992 e. The molecule has 2 fully saturated rings. The second kappa shape index (κ2) is 7.49. The predicted molar refractivity (Wildman–Crippen MR) is 79.0 cm³/mol. The van der Waals surface area contributed by atoms with Crippen LogP contribution in [0.3, 0.4) is 0 Å². The fourth-order valence-electron chi connectivity index (χ4n) is 4.01. The molecule has 2 aliphatic rings. The molecule has 0 aromatic carbocycles. The minimum Gasteiger partial charge on any atom is -0.314 e. The summed E-state index contributed by atoms with van der Waals surface area (Å²) in [7, 11) is 0. The molecule has 0 aromatic rings. The molecule has 0 amide bonds. The summed E-state index contributed by atoms with van der Waals surface area (Å²) >= 11 is 0. The summed E-state index contributed by atoms with van der Waals surface area (Å²) in [5.74, 6) is 0. The Balaban J connectivity index is 1.76. The molecular weight excluding hydrogens is 220 g/mol. The SMILES string of the molecule is CCCNC1CCC(N(CC)C2CCCC2)CC1. The Bertz CT molecular complexity index is 215. The number of hydrogen-bond donors (Lipinski definition) is 1. The van der Waals surface area contributed by atoms with Crippen molar-refractivity contribution in [3.63, 3.8) is 0 Å². The minimum atomic E-state index is 0.809. The highest BCUT2D eigenvalue weighted by atomic mass is 15.2. The Hall–Kier alpha value is -0.0800. The first-order valence-electron chi connectivity index (χ1n) is 8.34. The van der Waals surface area contributed by atoms with Crippen molar-refractivity contribution >= 4 is 0 Å². The monoisotopic (exact) mass is 252 g/mol. The van der Waals surface area contributed by atoms with Crippen molar-refractivity contribution < 1.29 is 0 Å². The number of nitrogens with one attached hydrogen (secondary N) is 1. The van der Waals surface area contributed by atoms with Crippen LogP contribution in [0, 0.1) is 0 Å². The van der Waals surface area contributed by atoms with Gasteiger partial charge in [0.15, 0.2) is 0 Å². The van der Waals surface area contributed by atoms with Crippen LogP contribution in [0.4, 0.5) is 0 Å². The maximum absolute atomic E-state index is 3.70. The summed E-state index contributed by atoms with van der Waals surface area (Å²) in [6.07, 6.45) is 12.8. The van der Waals surface area contributed by atoms with E-state index in [4.69, 9.17) is 0 Å². The summed E-state index contributed by atoms with van der Waals surface area (Å²) in [5.41, 5.74) is 0. The van der Waals surface area contributed by atoms with Crippen LogP contribution in [0.25, 0.3) is 0 Å². The Labute approximate surface area is 114 Å². The van der Waals surface area contributed by atoms with Crippen molar-refractivity contribution in [1.29, 1.82) is 0 Å². The molecule has 2 heteroatoms. The molecule has 0 radical (unpaired) electrons. The summed E-state index contributed by atoms with van der Waals surface area (Å²) in [6, 6.07) is 2.61. The number of hydrogen-bond acceptors (Lipinski definition) is 2. The second-order valence-electron chi connectivity index (χ2n) is 6.23. The topological polar surface area (TPSA) is 15.3 Å². The van der Waals surface area contributed by atoms with E-state index in [1.165, 1.54) is 70.9 Å². The normalized spacial score (nSPS) is 30.2. The summed E-state index contributed by atoms with van der Waals surface area (Å²) in [5, 5.41) is 3.70. The zero-order valence-corrected chi connectivity index (χ0v) is 12.5. The molecule has 0 bridgehead atoms. The fourth-order valence-corrected chi connectivity index (χ4v) is 4.01. The summed E-state index contributed by atoms with van der Waals surface area (Å²) in [6.45, 7) is 7.09. The molecule has 0 atom stereocenters. The Morgan fingerprint density at radius 1 is 0.889 bits per heavy atom. The predicted octanol–water partition coefficient (Wildman–Crippen LogP) is 3.56. The molecule has 0 saturated heterocycles. The Morgan fingerprint density at radius 2 is 1.50 bits per heavy atom. The Kier molecular flexibility index (Phi) is 5.97. The van der Waals surface area contributed by atoms with E-state index in [0.29, 0.717) is 0 Å². The fraction of sp³-hybridized carbons (Fsp3) is 1.00. The maximum atomic E-state index is 3.70. The third-order valence-electron chi connectivity index (χ3n) is 5.01. The quantitative estimate of drug-likeness (QED) is 0.777. The van der Waals surface area contributed by atoms with E-state index in [1.54, 1.807) is 0 Å². The van der Waals surface area contributed by atoms with E-state index in [9.17, 15) is 0 Å². The molecule has 18 heavy (non-hydrogen) atoms. The second-order valence-corrected chi connectivity index (χ2v) is 6.23. The van der Waals surface area contributed by atoms with Crippen LogP contribution in [0.5, 0.6) is 0 Å². The lowest BCUT2D eigenvalue weighted by atomic mass is 9.89. The largest absolute Gasteiger partial charge is 0.314 e. The third-order valence-corrected chi connectivity index (χ3v) is 5.01. The first-order valence-corrected chi connectivity index (χ1v) is 8.34. The van der Waals surface area contributed by atoms with Gasteiger partial charge in [0.1, 0.15) is 0 Å². The van der Waals surface area contributed by atoms with Gasteiger partial charge in [-0.05, 0) is 58.0 Å². The van der Waals surface area contributed by atoms with E-state index in [2.05, 4.69) is 24.1 Å². The van der Waals surface area contributed by atoms with Gasteiger partial charge in [-0.15, -0.1) is 0 Å². The van der Waals surface area contributed by atoms with Gasteiger partial charge in [0.25, 0.3) is 0 Å². The molecule has 0 aliphatic heterocycles. The lowest BCUT2D eigenvalue weighted by Crippen LogP contribution is -2.46. The van der Waals surface area contributed by atoms with Crippen LogP contribution in [0.15, 0.2) is 0 Å². The zero-order chi connectivity index (χ0) is 12.8. The molecule has 2 rings (SSSR count). The molecule has 0 heterocycles. The van der Waals surface area contributed by atoms with E-state index in [-0.39, 0.29) is 0 Å². The molecule has 0 unspecified atom stereocenters. The summed E-state index contributed by atoms with van der Waals surface area (Å²) in [4.78, 5) is 2.84. The van der Waals surface area contributed by atoms with Gasteiger partial charge in [-0.3, -0.25) is 4.90 Å². The van der Waals surface area contributed by atoms with Crippen LogP contribution < -0.4 is 5.32 Å². The molecule has 1 N–H and O–H groups in total. The van der Waals surface area contributed by atoms with Gasteiger partial charge in [0.05, 0.1) is 0 Å². The van der Waals surface area contributed by atoms with Gasteiger partial charge in [0, 0.05) is 18.1 Å². The average molecular weight is 252 g/mol. The van der Waals surface area contributed by atoms with Crippen LogP contribution >= 0.6 is 0 Å². The molecule has 0 aromatic heterocycles. The summed E-state index contributed by atoms with van der Waals surface area (Å²) < 4.78 is 0. The third kappa shape index (κ3) is 3.71. The highest BCUT2D eigenvalue weighted by molar-refractivity contribution is 4.87. The van der Waals surface area contributed by atoms with Crippen molar-refractivity contribution in [2.45, 2.75) is 89.8 Å². The van der Waals surface area contributed by atoms with Crippen molar-refractivity contribution in [1.82, 2.24) is 10.2 Å². The first-order chi connectivity index (χ1) is 8.85. The van der Waals surface area contributed by atoms with Crippen molar-refractivity contribution in [2.75, 3.05) is 13.1 Å².